The first kappa shape index (κ1) is 13.5. The Morgan fingerprint density at radius 1 is 1.00 bits per heavy atom. The normalized spacial score (nSPS) is 10.5. The molecule has 0 saturated heterocycles. The van der Waals surface area contributed by atoms with Crippen molar-refractivity contribution in [3.05, 3.63) is 53.1 Å². The molecule has 0 aromatic heterocycles. The van der Waals surface area contributed by atoms with E-state index in [1.165, 1.54) is 5.56 Å². The largest absolute Gasteiger partial charge is 0.457 e. The lowest BCUT2D eigenvalue weighted by Crippen LogP contribution is -1.94. The van der Waals surface area contributed by atoms with Crippen molar-refractivity contribution in [3.8, 4) is 11.5 Å². The van der Waals surface area contributed by atoms with Crippen LogP contribution < -0.4 is 10.5 Å². The number of anilines is 1. The predicted octanol–water partition coefficient (Wildman–Crippen LogP) is 4.63. The Kier molecular flexibility index (Phi) is 4.10. The monoisotopic (exact) mass is 255 g/mol. The molecule has 2 aromatic carbocycles. The maximum Gasteiger partial charge on any atom is 0.133 e. The van der Waals surface area contributed by atoms with Gasteiger partial charge in [0.2, 0.25) is 0 Å². The van der Waals surface area contributed by atoms with Crippen molar-refractivity contribution in [2.24, 2.45) is 0 Å². The van der Waals surface area contributed by atoms with E-state index in [1.54, 1.807) is 0 Å². The lowest BCUT2D eigenvalue weighted by atomic mass is 10.1. The summed E-state index contributed by atoms with van der Waals surface area (Å²) in [6.07, 6.45) is 2.27. The molecule has 0 amide bonds. The molecule has 2 nitrogen and oxygen atoms in total. The summed E-state index contributed by atoms with van der Waals surface area (Å²) in [6.45, 7) is 6.22. The molecule has 0 aliphatic heterocycles. The van der Waals surface area contributed by atoms with Gasteiger partial charge in [-0.25, -0.2) is 0 Å². The van der Waals surface area contributed by atoms with Crippen LogP contribution in [-0.2, 0) is 6.42 Å². The van der Waals surface area contributed by atoms with Crippen LogP contribution in [-0.4, -0.2) is 0 Å². The van der Waals surface area contributed by atoms with Crippen molar-refractivity contribution in [1.82, 2.24) is 0 Å². The minimum atomic E-state index is 0.778. The van der Waals surface area contributed by atoms with E-state index in [9.17, 15) is 0 Å². The fourth-order valence-electron chi connectivity index (χ4n) is 2.28. The second kappa shape index (κ2) is 5.79. The molecular weight excluding hydrogens is 234 g/mol. The Balaban J connectivity index is 2.21. The number of hydrogen-bond acceptors (Lipinski definition) is 2. The van der Waals surface area contributed by atoms with Gasteiger partial charge in [0.05, 0.1) is 0 Å². The number of nitrogens with two attached hydrogens (primary N) is 1. The maximum absolute atomic E-state index is 5.97. The zero-order valence-corrected chi connectivity index (χ0v) is 11.9. The molecule has 0 spiro atoms. The first-order valence-electron chi connectivity index (χ1n) is 6.73. The van der Waals surface area contributed by atoms with Crippen LogP contribution in [0.4, 0.5) is 5.69 Å². The van der Waals surface area contributed by atoms with Crippen molar-refractivity contribution < 1.29 is 4.74 Å². The van der Waals surface area contributed by atoms with Gasteiger partial charge in [-0.3, -0.25) is 0 Å². The average Bonchev–Trinajstić information content (AvgIpc) is 2.36. The summed E-state index contributed by atoms with van der Waals surface area (Å²) >= 11 is 0. The molecule has 19 heavy (non-hydrogen) atoms. The third-order valence-corrected chi connectivity index (χ3v) is 3.16. The van der Waals surface area contributed by atoms with E-state index in [4.69, 9.17) is 10.5 Å². The van der Waals surface area contributed by atoms with Gasteiger partial charge in [-0.15, -0.1) is 0 Å². The first-order valence-corrected chi connectivity index (χ1v) is 6.73. The van der Waals surface area contributed by atoms with Crippen molar-refractivity contribution in [1.29, 1.82) is 0 Å². The number of hydrogen-bond donors (Lipinski definition) is 1. The summed E-state index contributed by atoms with van der Waals surface area (Å²) in [5, 5.41) is 0. The van der Waals surface area contributed by atoms with Crippen molar-refractivity contribution in [2.45, 2.75) is 33.6 Å². The molecule has 0 bridgehead atoms. The molecule has 0 atom stereocenters. The molecule has 0 radical (unpaired) electrons. The van der Waals surface area contributed by atoms with Gasteiger partial charge in [0.15, 0.2) is 0 Å². The molecule has 0 aliphatic rings. The van der Waals surface area contributed by atoms with Gasteiger partial charge in [-0.05, 0) is 61.2 Å². The van der Waals surface area contributed by atoms with Crippen molar-refractivity contribution in [2.75, 3.05) is 5.73 Å². The second-order valence-corrected chi connectivity index (χ2v) is 4.98. The minimum absolute atomic E-state index is 0.778. The van der Waals surface area contributed by atoms with Gasteiger partial charge in [0.1, 0.15) is 11.5 Å². The standard InChI is InChI=1S/C17H21NO/c1-4-5-14-6-8-16(9-7-14)19-17-12(2)10-15(18)11-13(17)3/h6-11H,4-5,18H2,1-3H3. The fraction of sp³-hybridized carbons (Fsp3) is 0.294. The topological polar surface area (TPSA) is 35.2 Å². The molecule has 0 heterocycles. The van der Waals surface area contributed by atoms with Gasteiger partial charge in [-0.1, -0.05) is 25.5 Å². The quantitative estimate of drug-likeness (QED) is 0.808. The summed E-state index contributed by atoms with van der Waals surface area (Å²) in [4.78, 5) is 0. The summed E-state index contributed by atoms with van der Waals surface area (Å²) in [6, 6.07) is 12.2. The molecule has 2 rings (SSSR count). The molecule has 0 unspecified atom stereocenters. The lowest BCUT2D eigenvalue weighted by Gasteiger charge is -2.13. The van der Waals surface area contributed by atoms with Crippen LogP contribution in [0.15, 0.2) is 36.4 Å². The van der Waals surface area contributed by atoms with E-state index in [2.05, 4.69) is 19.1 Å². The highest BCUT2D eigenvalue weighted by molar-refractivity contribution is 5.53. The predicted molar refractivity (Wildman–Crippen MR) is 80.8 cm³/mol. The number of benzene rings is 2. The van der Waals surface area contributed by atoms with Crippen LogP contribution in [0.3, 0.4) is 0 Å². The van der Waals surface area contributed by atoms with Gasteiger partial charge < -0.3 is 10.5 Å². The van der Waals surface area contributed by atoms with Crippen molar-refractivity contribution >= 4 is 5.69 Å². The SMILES string of the molecule is CCCc1ccc(Oc2c(C)cc(N)cc2C)cc1. The number of ether oxygens (including phenoxy) is 1. The van der Waals surface area contributed by atoms with Gasteiger partial charge in [0, 0.05) is 5.69 Å². The second-order valence-electron chi connectivity index (χ2n) is 4.98. The zero-order valence-electron chi connectivity index (χ0n) is 11.9. The van der Waals surface area contributed by atoms with Gasteiger partial charge in [-0.2, -0.15) is 0 Å². The van der Waals surface area contributed by atoms with Crippen molar-refractivity contribution in [3.63, 3.8) is 0 Å². The van der Waals surface area contributed by atoms with E-state index in [1.807, 2.05) is 38.1 Å². The van der Waals surface area contributed by atoms with E-state index in [0.717, 1.165) is 41.2 Å². The minimum Gasteiger partial charge on any atom is -0.457 e. The molecule has 0 aliphatic carbocycles. The van der Waals surface area contributed by atoms with Gasteiger partial charge in [0.25, 0.3) is 0 Å². The molecule has 0 saturated carbocycles. The van der Waals surface area contributed by atoms with Crippen LogP contribution in [0.25, 0.3) is 0 Å². The summed E-state index contributed by atoms with van der Waals surface area (Å²) < 4.78 is 5.97. The third-order valence-electron chi connectivity index (χ3n) is 3.16. The fourth-order valence-corrected chi connectivity index (χ4v) is 2.28. The molecule has 2 aromatic rings. The van der Waals surface area contributed by atoms with Gasteiger partial charge >= 0.3 is 0 Å². The summed E-state index contributed by atoms with van der Waals surface area (Å²) in [7, 11) is 0. The maximum atomic E-state index is 5.97. The number of aryl methyl sites for hydroxylation is 3. The van der Waals surface area contributed by atoms with Crippen LogP contribution in [0.5, 0.6) is 11.5 Å². The zero-order chi connectivity index (χ0) is 13.8. The van der Waals surface area contributed by atoms with Crippen LogP contribution >= 0.6 is 0 Å². The molecule has 100 valence electrons. The summed E-state index contributed by atoms with van der Waals surface area (Å²) in [5.41, 5.74) is 10.1. The first-order chi connectivity index (χ1) is 9.10. The average molecular weight is 255 g/mol. The molecule has 2 heteroatoms. The lowest BCUT2D eigenvalue weighted by molar-refractivity contribution is 0.475. The van der Waals surface area contributed by atoms with Crippen LogP contribution in [0.2, 0.25) is 0 Å². The highest BCUT2D eigenvalue weighted by Gasteiger charge is 2.06. The third kappa shape index (κ3) is 3.28. The highest BCUT2D eigenvalue weighted by atomic mass is 16.5. The van der Waals surface area contributed by atoms with Crippen LogP contribution in [0.1, 0.15) is 30.0 Å². The van der Waals surface area contributed by atoms with Crippen LogP contribution in [0, 0.1) is 13.8 Å². The molecular formula is C17H21NO. The molecule has 2 N–H and O–H groups in total. The van der Waals surface area contributed by atoms with E-state index < -0.39 is 0 Å². The summed E-state index contributed by atoms with van der Waals surface area (Å²) in [5.74, 6) is 1.77. The Morgan fingerprint density at radius 2 is 1.58 bits per heavy atom. The Hall–Kier alpha value is -1.96. The number of nitrogen functional groups attached to an aromatic ring is 1. The smallest absolute Gasteiger partial charge is 0.133 e. The van der Waals surface area contributed by atoms with E-state index in [-0.39, 0.29) is 0 Å². The Morgan fingerprint density at radius 3 is 2.11 bits per heavy atom. The van der Waals surface area contributed by atoms with E-state index in [0.29, 0.717) is 0 Å². The number of rotatable bonds is 4. The Labute approximate surface area is 115 Å². The highest BCUT2D eigenvalue weighted by Crippen LogP contribution is 2.30. The van der Waals surface area contributed by atoms with E-state index >= 15 is 0 Å². The molecule has 0 fully saturated rings. The Bertz CT molecular complexity index is 535.